The third kappa shape index (κ3) is 4.80. The van der Waals surface area contributed by atoms with Crippen LogP contribution in [0.4, 0.5) is 0 Å². The molecule has 180 valence electrons. The van der Waals surface area contributed by atoms with E-state index in [4.69, 9.17) is 18.6 Å². The molecule has 1 unspecified atom stereocenters. The molecule has 0 radical (unpaired) electrons. The lowest BCUT2D eigenvalue weighted by molar-refractivity contribution is -0.299. The summed E-state index contributed by atoms with van der Waals surface area (Å²) in [7, 11) is 0. The number of phenolic OH excluding ortho intramolecular Hbond substituents is 1. The molecule has 0 aliphatic carbocycles. The molecular weight excluding hydrogens is 452 g/mol. The molecule has 2 heterocycles. The van der Waals surface area contributed by atoms with Gasteiger partial charge in [-0.15, -0.1) is 0 Å². The van der Waals surface area contributed by atoms with Gasteiger partial charge < -0.3 is 44.2 Å². The smallest absolute Gasteiger partial charge is 0.337 e. The van der Waals surface area contributed by atoms with Crippen LogP contribution in [-0.2, 0) is 14.3 Å². The molecule has 1 aromatic heterocycles. The lowest BCUT2D eigenvalue weighted by atomic mass is 9.99. The van der Waals surface area contributed by atoms with E-state index < -0.39 is 49.9 Å². The fourth-order valence-electron chi connectivity index (χ4n) is 3.53. The highest BCUT2D eigenvalue weighted by atomic mass is 16.7. The minimum atomic E-state index is -1.65. The van der Waals surface area contributed by atoms with Crippen LogP contribution >= 0.6 is 0 Å². The summed E-state index contributed by atoms with van der Waals surface area (Å²) in [6.07, 6.45) is -6.21. The van der Waals surface area contributed by atoms with Crippen molar-refractivity contribution in [3.63, 3.8) is 0 Å². The number of carbonyl (C=O) groups is 1. The number of fused-ring (bicyclic) bond motifs is 1. The number of carbonyl (C=O) groups excluding carboxylic acids is 1. The Bertz CT molecular complexity index is 1220. The quantitative estimate of drug-likeness (QED) is 0.238. The van der Waals surface area contributed by atoms with Crippen molar-refractivity contribution in [1.29, 1.82) is 0 Å². The van der Waals surface area contributed by atoms with Crippen molar-refractivity contribution in [2.24, 2.45) is 0 Å². The SMILES string of the molecule is O=C(COC1O[C@H](CO)[C@@H](O)[C@H](O)[C@H]1O)Oc1ccc2c(=O)c(-c3ccc(O)cc3)coc2c1. The van der Waals surface area contributed by atoms with Crippen LogP contribution in [-0.4, -0.2) is 75.4 Å². The van der Waals surface area contributed by atoms with Gasteiger partial charge in [-0.05, 0) is 29.8 Å². The third-order valence-corrected chi connectivity index (χ3v) is 5.37. The van der Waals surface area contributed by atoms with Crippen LogP contribution in [0, 0.1) is 0 Å². The van der Waals surface area contributed by atoms with Crippen LogP contribution in [0.3, 0.4) is 0 Å². The van der Waals surface area contributed by atoms with Gasteiger partial charge >= 0.3 is 5.97 Å². The molecule has 1 aliphatic heterocycles. The molecule has 11 nitrogen and oxygen atoms in total. The molecule has 1 saturated heterocycles. The van der Waals surface area contributed by atoms with Crippen LogP contribution in [0.2, 0.25) is 0 Å². The van der Waals surface area contributed by atoms with E-state index in [1.807, 2.05) is 0 Å². The van der Waals surface area contributed by atoms with Gasteiger partial charge in [0.05, 0.1) is 17.6 Å². The fraction of sp³-hybridized carbons (Fsp3) is 0.304. The molecule has 34 heavy (non-hydrogen) atoms. The molecule has 1 aliphatic rings. The number of ether oxygens (including phenoxy) is 3. The van der Waals surface area contributed by atoms with Gasteiger partial charge in [0.1, 0.15) is 54.4 Å². The number of aliphatic hydroxyl groups is 4. The molecule has 2 aromatic carbocycles. The van der Waals surface area contributed by atoms with E-state index in [1.54, 1.807) is 12.1 Å². The summed E-state index contributed by atoms with van der Waals surface area (Å²) in [4.78, 5) is 25.0. The number of hydrogen-bond acceptors (Lipinski definition) is 11. The first-order valence-corrected chi connectivity index (χ1v) is 10.3. The Morgan fingerprint density at radius 2 is 1.74 bits per heavy atom. The highest BCUT2D eigenvalue weighted by Gasteiger charge is 2.44. The standard InChI is InChI=1S/C23H22O11/c24-8-17-20(28)21(29)22(30)23(34-17)32-10-18(26)33-13-5-6-14-16(7-13)31-9-15(19(14)27)11-1-3-12(25)4-2-11/h1-7,9,17,20-25,28-30H,8,10H2/t17-,20-,21+,22-,23?/m1/s1. The molecule has 3 aromatic rings. The predicted molar refractivity (Wildman–Crippen MR) is 115 cm³/mol. The average Bonchev–Trinajstić information content (AvgIpc) is 2.83. The number of hydrogen-bond donors (Lipinski definition) is 5. The van der Waals surface area contributed by atoms with Crippen LogP contribution < -0.4 is 10.2 Å². The van der Waals surface area contributed by atoms with E-state index in [1.165, 1.54) is 36.6 Å². The maximum absolute atomic E-state index is 12.8. The Labute approximate surface area is 192 Å². The topological polar surface area (TPSA) is 176 Å². The van der Waals surface area contributed by atoms with Gasteiger partial charge in [-0.25, -0.2) is 4.79 Å². The first kappa shape index (κ1) is 23.8. The maximum atomic E-state index is 12.8. The lowest BCUT2D eigenvalue weighted by Crippen LogP contribution is -2.59. The summed E-state index contributed by atoms with van der Waals surface area (Å²) in [5.74, 6) is -0.745. The molecule has 1 fully saturated rings. The van der Waals surface area contributed by atoms with Crippen molar-refractivity contribution in [2.75, 3.05) is 13.2 Å². The molecule has 11 heteroatoms. The molecule has 5 atom stereocenters. The zero-order chi connectivity index (χ0) is 24.4. The van der Waals surface area contributed by atoms with Gasteiger partial charge in [0.25, 0.3) is 0 Å². The van der Waals surface area contributed by atoms with E-state index >= 15 is 0 Å². The van der Waals surface area contributed by atoms with Gasteiger partial charge in [0.2, 0.25) is 0 Å². The Morgan fingerprint density at radius 3 is 2.44 bits per heavy atom. The van der Waals surface area contributed by atoms with Crippen molar-refractivity contribution in [1.82, 2.24) is 0 Å². The van der Waals surface area contributed by atoms with Crippen molar-refractivity contribution in [3.05, 3.63) is 59.0 Å². The summed E-state index contributed by atoms with van der Waals surface area (Å²) >= 11 is 0. The van der Waals surface area contributed by atoms with E-state index in [0.717, 1.165) is 0 Å². The largest absolute Gasteiger partial charge is 0.508 e. The van der Waals surface area contributed by atoms with Crippen LogP contribution in [0.1, 0.15) is 0 Å². The van der Waals surface area contributed by atoms with Crippen molar-refractivity contribution < 1.29 is 49.0 Å². The van der Waals surface area contributed by atoms with Gasteiger partial charge in [0, 0.05) is 6.07 Å². The number of aliphatic hydroxyl groups excluding tert-OH is 4. The summed E-state index contributed by atoms with van der Waals surface area (Å²) in [5.41, 5.74) is 0.725. The van der Waals surface area contributed by atoms with Crippen LogP contribution in [0.25, 0.3) is 22.1 Å². The average molecular weight is 474 g/mol. The van der Waals surface area contributed by atoms with Crippen molar-refractivity contribution >= 4 is 16.9 Å². The maximum Gasteiger partial charge on any atom is 0.337 e. The van der Waals surface area contributed by atoms with Gasteiger partial charge in [-0.2, -0.15) is 0 Å². The van der Waals surface area contributed by atoms with Gasteiger partial charge in [-0.1, -0.05) is 12.1 Å². The Hall–Kier alpha value is -3.32. The van der Waals surface area contributed by atoms with Gasteiger partial charge in [0.15, 0.2) is 11.7 Å². The normalized spacial score (nSPS) is 24.8. The Kier molecular flexibility index (Phi) is 6.93. The minimum Gasteiger partial charge on any atom is -0.508 e. The second-order valence-corrected chi connectivity index (χ2v) is 7.67. The summed E-state index contributed by atoms with van der Waals surface area (Å²) in [6.45, 7) is -1.31. The Morgan fingerprint density at radius 1 is 1.00 bits per heavy atom. The molecule has 0 spiro atoms. The van der Waals surface area contributed by atoms with E-state index in [-0.39, 0.29) is 27.9 Å². The minimum absolute atomic E-state index is 0.0652. The highest BCUT2D eigenvalue weighted by molar-refractivity contribution is 5.83. The summed E-state index contributed by atoms with van der Waals surface area (Å²) in [6, 6.07) is 10.3. The number of esters is 1. The third-order valence-electron chi connectivity index (χ3n) is 5.37. The predicted octanol–water partition coefficient (Wildman–Crippen LogP) is -0.112. The second kappa shape index (κ2) is 9.89. The van der Waals surface area contributed by atoms with E-state index in [0.29, 0.717) is 11.1 Å². The van der Waals surface area contributed by atoms with Crippen LogP contribution in [0.5, 0.6) is 11.5 Å². The summed E-state index contributed by atoms with van der Waals surface area (Å²) in [5, 5.41) is 48.3. The van der Waals surface area contributed by atoms with Crippen molar-refractivity contribution in [3.8, 4) is 22.6 Å². The highest BCUT2D eigenvalue weighted by Crippen LogP contribution is 2.25. The number of rotatable bonds is 6. The zero-order valence-corrected chi connectivity index (χ0v) is 17.6. The van der Waals surface area contributed by atoms with Crippen LogP contribution in [0.15, 0.2) is 57.9 Å². The number of aromatic hydroxyl groups is 1. The molecule has 0 bridgehead atoms. The molecule has 4 rings (SSSR count). The molecule has 0 saturated carbocycles. The van der Waals surface area contributed by atoms with E-state index in [2.05, 4.69) is 0 Å². The summed E-state index contributed by atoms with van der Waals surface area (Å²) < 4.78 is 21.0. The fourth-order valence-corrected chi connectivity index (χ4v) is 3.53. The lowest BCUT2D eigenvalue weighted by Gasteiger charge is -2.39. The molecule has 0 amide bonds. The Balaban J connectivity index is 1.43. The van der Waals surface area contributed by atoms with Gasteiger partial charge in [-0.3, -0.25) is 4.79 Å². The monoisotopic (exact) mass is 474 g/mol. The van der Waals surface area contributed by atoms with Crippen molar-refractivity contribution in [2.45, 2.75) is 30.7 Å². The van der Waals surface area contributed by atoms with E-state index in [9.17, 15) is 35.1 Å². The number of phenols is 1. The second-order valence-electron chi connectivity index (χ2n) is 7.67. The number of benzene rings is 2. The molecule has 5 N–H and O–H groups in total. The first-order valence-electron chi connectivity index (χ1n) is 10.3. The molecular formula is C23H22O11. The first-order chi connectivity index (χ1) is 16.3. The zero-order valence-electron chi connectivity index (χ0n) is 17.6.